The van der Waals surface area contributed by atoms with Crippen LogP contribution < -0.4 is 5.43 Å². The molecule has 2 aromatic rings. The molecule has 3 N–H and O–H groups in total. The molecule has 0 spiro atoms. The van der Waals surface area contributed by atoms with E-state index in [-0.39, 0.29) is 17.4 Å². The average molecular weight is 349 g/mol. The third kappa shape index (κ3) is 3.82. The summed E-state index contributed by atoms with van der Waals surface area (Å²) < 4.78 is 0.882. The molecule has 0 radical (unpaired) electrons. The molecule has 2 aromatic carbocycles. The molecule has 2 rings (SSSR count). The van der Waals surface area contributed by atoms with Crippen molar-refractivity contribution in [2.75, 3.05) is 0 Å². The van der Waals surface area contributed by atoms with Gasteiger partial charge in [-0.2, -0.15) is 5.10 Å². The van der Waals surface area contributed by atoms with E-state index in [2.05, 4.69) is 26.5 Å². The van der Waals surface area contributed by atoms with Gasteiger partial charge in [0.15, 0.2) is 0 Å². The predicted octanol–water partition coefficient (Wildman–Crippen LogP) is 2.93. The lowest BCUT2D eigenvalue weighted by molar-refractivity contribution is 0.0955. The molecule has 6 heteroatoms. The molecule has 21 heavy (non-hydrogen) atoms. The Morgan fingerprint density at radius 1 is 1.24 bits per heavy atom. The first-order valence-electron chi connectivity index (χ1n) is 6.09. The fourth-order valence-electron chi connectivity index (χ4n) is 1.75. The number of halogens is 1. The van der Waals surface area contributed by atoms with Crippen molar-refractivity contribution in [3.63, 3.8) is 0 Å². The molecule has 1 amide bonds. The summed E-state index contributed by atoms with van der Waals surface area (Å²) in [5, 5.41) is 22.9. The highest BCUT2D eigenvalue weighted by molar-refractivity contribution is 9.10. The highest BCUT2D eigenvalue weighted by atomic mass is 79.9. The maximum absolute atomic E-state index is 11.8. The van der Waals surface area contributed by atoms with Crippen LogP contribution in [0.2, 0.25) is 0 Å². The van der Waals surface area contributed by atoms with E-state index < -0.39 is 0 Å². The van der Waals surface area contributed by atoms with Gasteiger partial charge < -0.3 is 10.2 Å². The number of aromatic hydroxyl groups is 2. The number of amides is 1. The minimum absolute atomic E-state index is 0.0268. The predicted molar refractivity (Wildman–Crippen MR) is 83.7 cm³/mol. The average Bonchev–Trinajstić information content (AvgIpc) is 2.42. The second-order valence-electron chi connectivity index (χ2n) is 4.40. The number of hydrogen-bond donors (Lipinski definition) is 3. The largest absolute Gasteiger partial charge is 0.508 e. The Kier molecular flexibility index (Phi) is 4.59. The van der Waals surface area contributed by atoms with Gasteiger partial charge in [-0.25, -0.2) is 5.43 Å². The van der Waals surface area contributed by atoms with Crippen molar-refractivity contribution in [1.82, 2.24) is 5.43 Å². The smallest absolute Gasteiger partial charge is 0.271 e. The summed E-state index contributed by atoms with van der Waals surface area (Å²) >= 11 is 3.29. The van der Waals surface area contributed by atoms with Crippen LogP contribution in [-0.4, -0.2) is 22.3 Å². The Balaban J connectivity index is 2.09. The Hall–Kier alpha value is -2.34. The van der Waals surface area contributed by atoms with E-state index in [1.165, 1.54) is 18.3 Å². The van der Waals surface area contributed by atoms with Crippen molar-refractivity contribution >= 4 is 28.1 Å². The van der Waals surface area contributed by atoms with Crippen LogP contribution in [0.25, 0.3) is 0 Å². The quantitative estimate of drug-likeness (QED) is 0.589. The van der Waals surface area contributed by atoms with Crippen molar-refractivity contribution in [3.8, 4) is 11.5 Å². The third-order valence-electron chi connectivity index (χ3n) is 2.82. The van der Waals surface area contributed by atoms with Crippen molar-refractivity contribution in [1.29, 1.82) is 0 Å². The Bertz CT molecular complexity index is 674. The molecule has 0 unspecified atom stereocenters. The maximum Gasteiger partial charge on any atom is 0.271 e. The van der Waals surface area contributed by atoms with Crippen LogP contribution in [0, 0.1) is 6.92 Å². The summed E-state index contributed by atoms with van der Waals surface area (Å²) in [7, 11) is 0. The molecule has 0 aliphatic heterocycles. The highest BCUT2D eigenvalue weighted by Crippen LogP contribution is 2.24. The maximum atomic E-state index is 11.8. The normalized spacial score (nSPS) is 10.8. The number of hydrogen-bond acceptors (Lipinski definition) is 4. The molecule has 0 atom stereocenters. The lowest BCUT2D eigenvalue weighted by Crippen LogP contribution is -2.17. The van der Waals surface area contributed by atoms with Crippen LogP contribution in [0.3, 0.4) is 0 Å². The van der Waals surface area contributed by atoms with Crippen LogP contribution in [0.4, 0.5) is 0 Å². The molecule has 0 fully saturated rings. The number of nitrogens with zero attached hydrogens (tertiary/aromatic N) is 1. The number of phenolic OH excluding ortho intramolecular Hbond substituents is 2. The zero-order chi connectivity index (χ0) is 15.4. The van der Waals surface area contributed by atoms with Crippen molar-refractivity contribution in [2.24, 2.45) is 5.10 Å². The summed E-state index contributed by atoms with van der Waals surface area (Å²) in [5.41, 5.74) is 3.93. The topological polar surface area (TPSA) is 81.9 Å². The molecule has 0 aliphatic carbocycles. The minimum Gasteiger partial charge on any atom is -0.508 e. The summed E-state index contributed by atoms with van der Waals surface area (Å²) in [6, 6.07) is 9.56. The lowest BCUT2D eigenvalue weighted by atomic mass is 10.1. The van der Waals surface area contributed by atoms with Gasteiger partial charge in [-0.15, -0.1) is 0 Å². The monoisotopic (exact) mass is 348 g/mol. The van der Waals surface area contributed by atoms with E-state index in [4.69, 9.17) is 0 Å². The molecule has 0 saturated heterocycles. The molecule has 5 nitrogen and oxygen atoms in total. The Morgan fingerprint density at radius 2 is 1.90 bits per heavy atom. The number of carbonyl (C=O) groups excluding carboxylic acids is 1. The van der Waals surface area contributed by atoms with Crippen LogP contribution in [0.5, 0.6) is 11.5 Å². The van der Waals surface area contributed by atoms with E-state index in [1.54, 1.807) is 31.2 Å². The van der Waals surface area contributed by atoms with Crippen molar-refractivity contribution in [2.45, 2.75) is 6.92 Å². The Morgan fingerprint density at radius 3 is 2.52 bits per heavy atom. The van der Waals surface area contributed by atoms with Crippen LogP contribution in [0.1, 0.15) is 21.5 Å². The molecule has 0 heterocycles. The van der Waals surface area contributed by atoms with Gasteiger partial charge in [-0.05, 0) is 42.8 Å². The minimum atomic E-state index is -0.352. The van der Waals surface area contributed by atoms with Gasteiger partial charge in [0.05, 0.1) is 6.21 Å². The summed E-state index contributed by atoms with van der Waals surface area (Å²) in [6.07, 6.45) is 1.33. The molecular weight excluding hydrogens is 336 g/mol. The van der Waals surface area contributed by atoms with Gasteiger partial charge in [0.25, 0.3) is 5.91 Å². The number of phenols is 2. The first-order chi connectivity index (χ1) is 9.97. The fourth-order valence-corrected chi connectivity index (χ4v) is 2.01. The zero-order valence-corrected chi connectivity index (χ0v) is 12.8. The van der Waals surface area contributed by atoms with Gasteiger partial charge in [-0.1, -0.05) is 15.9 Å². The molecule has 0 aliphatic rings. The SMILES string of the molecule is Cc1cc(O)cc(O)c1/C=N\NC(=O)c1ccc(Br)cc1. The number of benzene rings is 2. The first kappa shape index (κ1) is 15.1. The highest BCUT2D eigenvalue weighted by Gasteiger charge is 2.06. The second kappa shape index (κ2) is 6.41. The number of aryl methyl sites for hydroxylation is 1. The van der Waals surface area contributed by atoms with E-state index in [0.29, 0.717) is 16.7 Å². The van der Waals surface area contributed by atoms with Gasteiger partial charge in [0.1, 0.15) is 11.5 Å². The van der Waals surface area contributed by atoms with Crippen molar-refractivity contribution in [3.05, 3.63) is 57.6 Å². The Labute approximate surface area is 130 Å². The fraction of sp³-hybridized carbons (Fsp3) is 0.0667. The summed E-state index contributed by atoms with van der Waals surface area (Å²) in [4.78, 5) is 11.8. The van der Waals surface area contributed by atoms with Crippen molar-refractivity contribution < 1.29 is 15.0 Å². The molecule has 0 saturated carbocycles. The van der Waals surface area contributed by atoms with Gasteiger partial charge in [0, 0.05) is 21.7 Å². The van der Waals surface area contributed by atoms with Gasteiger partial charge >= 0.3 is 0 Å². The van der Waals surface area contributed by atoms with E-state index in [9.17, 15) is 15.0 Å². The van der Waals surface area contributed by atoms with Gasteiger partial charge in [-0.3, -0.25) is 4.79 Å². The lowest BCUT2D eigenvalue weighted by Gasteiger charge is -2.04. The molecule has 0 bridgehead atoms. The second-order valence-corrected chi connectivity index (χ2v) is 5.32. The first-order valence-corrected chi connectivity index (χ1v) is 6.88. The summed E-state index contributed by atoms with van der Waals surface area (Å²) in [5.74, 6) is -0.482. The molecular formula is C15H13BrN2O3. The number of nitrogens with one attached hydrogen (secondary N) is 1. The summed E-state index contributed by atoms with van der Waals surface area (Å²) in [6.45, 7) is 1.72. The van der Waals surface area contributed by atoms with Crippen LogP contribution in [0.15, 0.2) is 46.0 Å². The zero-order valence-electron chi connectivity index (χ0n) is 11.2. The van der Waals surface area contributed by atoms with E-state index in [1.807, 2.05) is 0 Å². The van der Waals surface area contributed by atoms with E-state index in [0.717, 1.165) is 4.47 Å². The number of rotatable bonds is 3. The standard InChI is InChI=1S/C15H13BrN2O3/c1-9-6-12(19)7-14(20)13(9)8-17-18-15(21)10-2-4-11(16)5-3-10/h2-8,19-20H,1H3,(H,18,21)/b17-8-. The van der Waals surface area contributed by atoms with Crippen LogP contribution >= 0.6 is 15.9 Å². The number of carbonyl (C=O) groups is 1. The number of hydrazone groups is 1. The molecule has 108 valence electrons. The van der Waals surface area contributed by atoms with Gasteiger partial charge in [0.2, 0.25) is 0 Å². The molecule has 0 aromatic heterocycles. The third-order valence-corrected chi connectivity index (χ3v) is 3.34. The van der Waals surface area contributed by atoms with E-state index >= 15 is 0 Å². The van der Waals surface area contributed by atoms with Crippen LogP contribution in [-0.2, 0) is 0 Å².